The lowest BCUT2D eigenvalue weighted by Gasteiger charge is -2.20. The van der Waals surface area contributed by atoms with Crippen molar-refractivity contribution in [3.8, 4) is 5.75 Å². The number of halogens is 1. The van der Waals surface area contributed by atoms with Gasteiger partial charge in [-0.25, -0.2) is 4.79 Å². The highest BCUT2D eigenvalue weighted by Crippen LogP contribution is 2.24. The van der Waals surface area contributed by atoms with Crippen molar-refractivity contribution in [2.45, 2.75) is 13.0 Å². The van der Waals surface area contributed by atoms with E-state index in [1.54, 1.807) is 7.05 Å². The van der Waals surface area contributed by atoms with E-state index in [0.29, 0.717) is 13.1 Å². The van der Waals surface area contributed by atoms with Gasteiger partial charge in [-0.3, -0.25) is 0 Å². The lowest BCUT2D eigenvalue weighted by Crippen LogP contribution is -2.42. The van der Waals surface area contributed by atoms with Gasteiger partial charge in [0.05, 0.1) is 17.6 Å². The molecule has 0 aliphatic rings. The quantitative estimate of drug-likeness (QED) is 0.836. The standard InChI is InChI=1S/C13H19BrN2O3/c1-10(9-15-13(18)16(2)7-8-17)19-12-6-4-3-5-11(12)14/h3-6,10,17H,7-9H2,1-2H3,(H,15,18). The first-order valence-corrected chi connectivity index (χ1v) is 6.85. The molecule has 0 heterocycles. The van der Waals surface area contributed by atoms with Crippen LogP contribution >= 0.6 is 15.9 Å². The van der Waals surface area contributed by atoms with Gasteiger partial charge in [0, 0.05) is 13.6 Å². The van der Waals surface area contributed by atoms with Crippen molar-refractivity contribution in [3.05, 3.63) is 28.7 Å². The maximum absolute atomic E-state index is 11.6. The minimum Gasteiger partial charge on any atom is -0.488 e. The van der Waals surface area contributed by atoms with Crippen molar-refractivity contribution in [3.63, 3.8) is 0 Å². The lowest BCUT2D eigenvalue weighted by atomic mass is 10.3. The summed E-state index contributed by atoms with van der Waals surface area (Å²) < 4.78 is 6.59. The van der Waals surface area contributed by atoms with E-state index in [-0.39, 0.29) is 18.7 Å². The highest BCUT2D eigenvalue weighted by Gasteiger charge is 2.11. The Bertz CT molecular complexity index is 415. The molecule has 1 aromatic carbocycles. The number of carbonyl (C=O) groups is 1. The molecule has 0 aromatic heterocycles. The summed E-state index contributed by atoms with van der Waals surface area (Å²) in [6.07, 6.45) is -0.148. The molecule has 5 nitrogen and oxygen atoms in total. The van der Waals surface area contributed by atoms with Crippen molar-refractivity contribution in [2.75, 3.05) is 26.7 Å². The van der Waals surface area contributed by atoms with Crippen LogP contribution in [-0.2, 0) is 0 Å². The number of benzene rings is 1. The molecule has 0 fully saturated rings. The van der Waals surface area contributed by atoms with Crippen molar-refractivity contribution in [2.24, 2.45) is 0 Å². The van der Waals surface area contributed by atoms with Crippen LogP contribution in [0.4, 0.5) is 4.79 Å². The third kappa shape index (κ3) is 5.48. The third-order valence-electron chi connectivity index (χ3n) is 2.49. The average Bonchev–Trinajstić information content (AvgIpc) is 2.39. The summed E-state index contributed by atoms with van der Waals surface area (Å²) in [7, 11) is 1.63. The minimum absolute atomic E-state index is 0.0487. The highest BCUT2D eigenvalue weighted by molar-refractivity contribution is 9.10. The zero-order chi connectivity index (χ0) is 14.3. The van der Waals surface area contributed by atoms with E-state index in [1.807, 2.05) is 31.2 Å². The second-order valence-corrected chi connectivity index (χ2v) is 5.04. The summed E-state index contributed by atoms with van der Waals surface area (Å²) in [6.45, 7) is 2.54. The SMILES string of the molecule is CC(CNC(=O)N(C)CCO)Oc1ccccc1Br. The van der Waals surface area contributed by atoms with Gasteiger partial charge in [-0.15, -0.1) is 0 Å². The number of rotatable bonds is 6. The Kier molecular flexibility index (Phi) is 6.66. The Balaban J connectivity index is 2.38. The summed E-state index contributed by atoms with van der Waals surface area (Å²) in [4.78, 5) is 13.0. The van der Waals surface area contributed by atoms with Crippen molar-refractivity contribution in [1.82, 2.24) is 10.2 Å². The van der Waals surface area contributed by atoms with Crippen LogP contribution in [0.25, 0.3) is 0 Å². The smallest absolute Gasteiger partial charge is 0.317 e. The van der Waals surface area contributed by atoms with E-state index in [0.717, 1.165) is 10.2 Å². The van der Waals surface area contributed by atoms with Crippen LogP contribution in [0.3, 0.4) is 0 Å². The summed E-state index contributed by atoms with van der Waals surface area (Å²) >= 11 is 3.40. The molecule has 1 unspecified atom stereocenters. The van der Waals surface area contributed by atoms with Crippen molar-refractivity contribution in [1.29, 1.82) is 0 Å². The summed E-state index contributed by atoms with van der Waals surface area (Å²) in [5.74, 6) is 0.743. The molecule has 2 amide bonds. The van der Waals surface area contributed by atoms with Gasteiger partial charge < -0.3 is 20.1 Å². The number of hydrogen-bond donors (Lipinski definition) is 2. The molecule has 6 heteroatoms. The fourth-order valence-corrected chi connectivity index (χ4v) is 1.79. The van der Waals surface area contributed by atoms with E-state index in [1.165, 1.54) is 4.90 Å². The normalized spacial score (nSPS) is 11.8. The Morgan fingerprint density at radius 3 is 2.84 bits per heavy atom. The van der Waals surface area contributed by atoms with Crippen LogP contribution in [0.5, 0.6) is 5.75 Å². The molecule has 0 bridgehead atoms. The number of nitrogens with zero attached hydrogens (tertiary/aromatic N) is 1. The molecule has 0 saturated heterocycles. The zero-order valence-electron chi connectivity index (χ0n) is 11.1. The molecule has 0 spiro atoms. The fourth-order valence-electron chi connectivity index (χ4n) is 1.42. The predicted molar refractivity (Wildman–Crippen MR) is 77.3 cm³/mol. The first-order valence-electron chi connectivity index (χ1n) is 6.05. The van der Waals surface area contributed by atoms with E-state index in [9.17, 15) is 4.79 Å². The molecular weight excluding hydrogens is 312 g/mol. The van der Waals surface area contributed by atoms with E-state index in [4.69, 9.17) is 9.84 Å². The fraction of sp³-hybridized carbons (Fsp3) is 0.462. The van der Waals surface area contributed by atoms with E-state index >= 15 is 0 Å². The number of urea groups is 1. The number of hydrogen-bond acceptors (Lipinski definition) is 3. The Labute approximate surface area is 121 Å². The van der Waals surface area contributed by atoms with Gasteiger partial charge in [-0.1, -0.05) is 12.1 Å². The van der Waals surface area contributed by atoms with Gasteiger partial charge in [0.15, 0.2) is 0 Å². The van der Waals surface area contributed by atoms with Crippen LogP contribution in [-0.4, -0.2) is 48.9 Å². The number of aliphatic hydroxyl groups is 1. The van der Waals surface area contributed by atoms with E-state index in [2.05, 4.69) is 21.2 Å². The van der Waals surface area contributed by atoms with Crippen LogP contribution in [0.1, 0.15) is 6.92 Å². The van der Waals surface area contributed by atoms with Gasteiger partial charge in [-0.05, 0) is 35.0 Å². The largest absolute Gasteiger partial charge is 0.488 e. The number of amides is 2. The zero-order valence-corrected chi connectivity index (χ0v) is 12.7. The number of likely N-dealkylation sites (N-methyl/N-ethyl adjacent to an activating group) is 1. The summed E-state index contributed by atoms with van der Waals surface area (Å²) in [6, 6.07) is 7.33. The van der Waals surface area contributed by atoms with Crippen LogP contribution in [0.2, 0.25) is 0 Å². The number of para-hydroxylation sites is 1. The molecule has 1 rings (SSSR count). The number of carbonyl (C=O) groups excluding carboxylic acids is 1. The molecule has 1 atom stereocenters. The van der Waals surface area contributed by atoms with Gasteiger partial charge in [-0.2, -0.15) is 0 Å². The topological polar surface area (TPSA) is 61.8 Å². The first kappa shape index (κ1) is 15.8. The van der Waals surface area contributed by atoms with E-state index < -0.39 is 0 Å². The molecule has 2 N–H and O–H groups in total. The second kappa shape index (κ2) is 8.01. The maximum Gasteiger partial charge on any atom is 0.317 e. The molecule has 0 aliphatic carbocycles. The van der Waals surface area contributed by atoms with Gasteiger partial charge in [0.2, 0.25) is 0 Å². The molecular formula is C13H19BrN2O3. The van der Waals surface area contributed by atoms with Gasteiger partial charge >= 0.3 is 6.03 Å². The molecule has 19 heavy (non-hydrogen) atoms. The van der Waals surface area contributed by atoms with Crippen molar-refractivity contribution >= 4 is 22.0 Å². The van der Waals surface area contributed by atoms with Crippen molar-refractivity contribution < 1.29 is 14.6 Å². The highest BCUT2D eigenvalue weighted by atomic mass is 79.9. The summed E-state index contributed by atoms with van der Waals surface area (Å²) in [5, 5.41) is 11.5. The Morgan fingerprint density at radius 2 is 2.21 bits per heavy atom. The third-order valence-corrected chi connectivity index (χ3v) is 3.14. The second-order valence-electron chi connectivity index (χ2n) is 4.19. The predicted octanol–water partition coefficient (Wildman–Crippen LogP) is 1.85. The number of nitrogens with one attached hydrogen (secondary N) is 1. The van der Waals surface area contributed by atoms with Crippen LogP contribution < -0.4 is 10.1 Å². The molecule has 0 aliphatic heterocycles. The van der Waals surface area contributed by atoms with Gasteiger partial charge in [0.25, 0.3) is 0 Å². The number of ether oxygens (including phenoxy) is 1. The molecule has 0 saturated carbocycles. The number of aliphatic hydroxyl groups excluding tert-OH is 1. The minimum atomic E-state index is -0.225. The Morgan fingerprint density at radius 1 is 1.53 bits per heavy atom. The molecule has 106 valence electrons. The monoisotopic (exact) mass is 330 g/mol. The van der Waals surface area contributed by atoms with Crippen LogP contribution in [0, 0.1) is 0 Å². The molecule has 0 radical (unpaired) electrons. The van der Waals surface area contributed by atoms with Gasteiger partial charge in [0.1, 0.15) is 11.9 Å². The summed E-state index contributed by atoms with van der Waals surface area (Å²) in [5.41, 5.74) is 0. The Hall–Kier alpha value is -1.27. The van der Waals surface area contributed by atoms with Crippen LogP contribution in [0.15, 0.2) is 28.7 Å². The average molecular weight is 331 g/mol. The lowest BCUT2D eigenvalue weighted by molar-refractivity contribution is 0.178. The maximum atomic E-state index is 11.6. The molecule has 1 aromatic rings. The first-order chi connectivity index (χ1) is 9.04.